The smallest absolute Gasteiger partial charge is 0.233 e. The third kappa shape index (κ3) is 4.95. The van der Waals surface area contributed by atoms with E-state index in [0.29, 0.717) is 18.2 Å². The van der Waals surface area contributed by atoms with E-state index in [-0.39, 0.29) is 11.2 Å². The number of thioether (sulfide) groups is 1. The topological polar surface area (TPSA) is 73.0 Å². The number of rotatable bonds is 9. The average molecular weight is 401 g/mol. The fourth-order valence-electron chi connectivity index (χ4n) is 3.32. The lowest BCUT2D eigenvalue weighted by atomic mass is 9.97. The van der Waals surface area contributed by atoms with E-state index >= 15 is 0 Å². The van der Waals surface area contributed by atoms with Gasteiger partial charge in [-0.15, -0.1) is 16.8 Å². The highest BCUT2D eigenvalue weighted by molar-refractivity contribution is 8.00. The molecule has 1 N–H and O–H groups in total. The molecule has 0 radical (unpaired) electrons. The number of carbonyl (C=O) groups is 1. The lowest BCUT2D eigenvalue weighted by molar-refractivity contribution is -0.120. The van der Waals surface area contributed by atoms with Crippen molar-refractivity contribution in [3.05, 3.63) is 42.4 Å². The van der Waals surface area contributed by atoms with Gasteiger partial charge in [-0.3, -0.25) is 9.36 Å². The van der Waals surface area contributed by atoms with Crippen molar-refractivity contribution in [2.45, 2.75) is 62.9 Å². The first-order valence-electron chi connectivity index (χ1n) is 9.81. The summed E-state index contributed by atoms with van der Waals surface area (Å²) in [4.78, 5) is 12.5. The standard InChI is InChI=1S/C21H28N4O2S/c1-4-13-25-19(18-11-14-27-15(18)2)23-24-21(25)28-16(3)20(26)22-12-10-17-8-6-5-7-9-17/h4,8,11,14,16H,1,5-7,9-10,12-13H2,2-3H3,(H,22,26). The van der Waals surface area contributed by atoms with Crippen LogP contribution in [0.5, 0.6) is 0 Å². The molecule has 1 amide bonds. The molecule has 6 nitrogen and oxygen atoms in total. The van der Waals surface area contributed by atoms with Crippen LogP contribution in [-0.2, 0) is 11.3 Å². The summed E-state index contributed by atoms with van der Waals surface area (Å²) in [5.41, 5.74) is 2.37. The van der Waals surface area contributed by atoms with Crippen LogP contribution in [0.2, 0.25) is 0 Å². The molecule has 2 aromatic rings. The van der Waals surface area contributed by atoms with Crippen LogP contribution in [0, 0.1) is 6.92 Å². The Balaban J connectivity index is 1.61. The molecular weight excluding hydrogens is 372 g/mol. The maximum absolute atomic E-state index is 12.5. The molecule has 1 aliphatic carbocycles. The molecule has 1 aliphatic rings. The Labute approximate surface area is 170 Å². The summed E-state index contributed by atoms with van der Waals surface area (Å²) in [5, 5.41) is 12.1. The third-order valence-electron chi connectivity index (χ3n) is 4.91. The number of aryl methyl sites for hydroxylation is 1. The summed E-state index contributed by atoms with van der Waals surface area (Å²) in [6, 6.07) is 1.88. The summed E-state index contributed by atoms with van der Waals surface area (Å²) in [7, 11) is 0. The highest BCUT2D eigenvalue weighted by Crippen LogP contribution is 2.29. The highest BCUT2D eigenvalue weighted by atomic mass is 32.2. The van der Waals surface area contributed by atoms with Crippen molar-refractivity contribution >= 4 is 17.7 Å². The van der Waals surface area contributed by atoms with Gasteiger partial charge in [0.25, 0.3) is 0 Å². The number of nitrogens with zero attached hydrogens (tertiary/aromatic N) is 3. The molecule has 2 aromatic heterocycles. The highest BCUT2D eigenvalue weighted by Gasteiger charge is 2.21. The van der Waals surface area contributed by atoms with Crippen LogP contribution in [0.4, 0.5) is 0 Å². The predicted molar refractivity (Wildman–Crippen MR) is 112 cm³/mol. The van der Waals surface area contributed by atoms with Crippen molar-refractivity contribution in [1.82, 2.24) is 20.1 Å². The van der Waals surface area contributed by atoms with Gasteiger partial charge >= 0.3 is 0 Å². The molecule has 0 aliphatic heterocycles. The van der Waals surface area contributed by atoms with Crippen molar-refractivity contribution < 1.29 is 9.21 Å². The summed E-state index contributed by atoms with van der Waals surface area (Å²) in [6.45, 7) is 8.88. The number of amides is 1. The second-order valence-electron chi connectivity index (χ2n) is 7.01. The van der Waals surface area contributed by atoms with Crippen LogP contribution >= 0.6 is 11.8 Å². The summed E-state index contributed by atoms with van der Waals surface area (Å²) < 4.78 is 7.36. The monoisotopic (exact) mass is 400 g/mol. The van der Waals surface area contributed by atoms with Crippen molar-refractivity contribution in [3.8, 4) is 11.4 Å². The lowest BCUT2D eigenvalue weighted by Gasteiger charge is -2.15. The minimum absolute atomic E-state index is 0.0237. The van der Waals surface area contributed by atoms with Gasteiger partial charge < -0.3 is 9.73 Å². The zero-order chi connectivity index (χ0) is 19.9. The molecule has 0 bridgehead atoms. The Morgan fingerprint density at radius 3 is 3.00 bits per heavy atom. The van der Waals surface area contributed by atoms with Crippen LogP contribution in [-0.4, -0.2) is 32.5 Å². The molecular formula is C21H28N4O2S. The van der Waals surface area contributed by atoms with E-state index < -0.39 is 0 Å². The second-order valence-corrected chi connectivity index (χ2v) is 8.31. The Morgan fingerprint density at radius 1 is 1.46 bits per heavy atom. The van der Waals surface area contributed by atoms with E-state index in [1.807, 2.05) is 24.5 Å². The van der Waals surface area contributed by atoms with Crippen molar-refractivity contribution in [3.63, 3.8) is 0 Å². The van der Waals surface area contributed by atoms with Gasteiger partial charge in [0.05, 0.1) is 17.1 Å². The number of nitrogens with one attached hydrogen (secondary N) is 1. The van der Waals surface area contributed by atoms with Crippen LogP contribution in [0.1, 0.15) is 44.8 Å². The minimum atomic E-state index is -0.258. The SMILES string of the molecule is C=CCn1c(SC(C)C(=O)NCCC2=CCCCC2)nnc1-c1ccoc1C. The fourth-order valence-corrected chi connectivity index (χ4v) is 4.20. The van der Waals surface area contributed by atoms with Gasteiger partial charge in [-0.25, -0.2) is 0 Å². The van der Waals surface area contributed by atoms with Crippen LogP contribution in [0.25, 0.3) is 11.4 Å². The molecule has 7 heteroatoms. The molecule has 1 unspecified atom stereocenters. The minimum Gasteiger partial charge on any atom is -0.469 e. The zero-order valence-corrected chi connectivity index (χ0v) is 17.4. The van der Waals surface area contributed by atoms with Gasteiger partial charge in [0.15, 0.2) is 11.0 Å². The van der Waals surface area contributed by atoms with E-state index in [2.05, 4.69) is 28.2 Å². The first kappa shape index (κ1) is 20.5. The Bertz CT molecular complexity index is 852. The van der Waals surface area contributed by atoms with Crippen LogP contribution in [0.15, 0.2) is 46.2 Å². The Hall–Kier alpha value is -2.28. The fraction of sp³-hybridized carbons (Fsp3) is 0.476. The maximum atomic E-state index is 12.5. The Kier molecular flexibility index (Phi) is 7.14. The molecule has 0 fully saturated rings. The van der Waals surface area contributed by atoms with E-state index in [1.165, 1.54) is 43.0 Å². The van der Waals surface area contributed by atoms with Crippen molar-refractivity contribution in [2.75, 3.05) is 6.54 Å². The number of furan rings is 1. The summed E-state index contributed by atoms with van der Waals surface area (Å²) >= 11 is 1.41. The summed E-state index contributed by atoms with van der Waals surface area (Å²) in [6.07, 6.45) is 11.6. The second kappa shape index (κ2) is 9.78. The maximum Gasteiger partial charge on any atom is 0.233 e. The Morgan fingerprint density at radius 2 is 2.32 bits per heavy atom. The molecule has 150 valence electrons. The molecule has 0 saturated heterocycles. The molecule has 1 atom stereocenters. The first-order chi connectivity index (χ1) is 13.6. The molecule has 2 heterocycles. The largest absolute Gasteiger partial charge is 0.469 e. The quantitative estimate of drug-likeness (QED) is 0.495. The van der Waals surface area contributed by atoms with Crippen LogP contribution in [0.3, 0.4) is 0 Å². The number of carbonyl (C=O) groups excluding carboxylic acids is 1. The van der Waals surface area contributed by atoms with Crippen molar-refractivity contribution in [2.24, 2.45) is 0 Å². The number of aromatic nitrogens is 3. The van der Waals surface area contributed by atoms with Gasteiger partial charge in [-0.2, -0.15) is 0 Å². The predicted octanol–water partition coefficient (Wildman–Crippen LogP) is 4.52. The third-order valence-corrected chi connectivity index (χ3v) is 5.99. The molecule has 0 saturated carbocycles. The van der Waals surface area contributed by atoms with Gasteiger partial charge in [0.2, 0.25) is 5.91 Å². The zero-order valence-electron chi connectivity index (χ0n) is 16.6. The van der Waals surface area contributed by atoms with E-state index in [9.17, 15) is 4.79 Å². The number of hydrogen-bond acceptors (Lipinski definition) is 5. The normalized spacial score (nSPS) is 15.1. The van der Waals surface area contributed by atoms with E-state index in [1.54, 1.807) is 12.3 Å². The van der Waals surface area contributed by atoms with Gasteiger partial charge in [0, 0.05) is 13.1 Å². The lowest BCUT2D eigenvalue weighted by Crippen LogP contribution is -2.32. The number of hydrogen-bond donors (Lipinski definition) is 1. The van der Waals surface area contributed by atoms with Gasteiger partial charge in [0.1, 0.15) is 5.76 Å². The van der Waals surface area contributed by atoms with Crippen LogP contribution < -0.4 is 5.32 Å². The number of allylic oxidation sites excluding steroid dienone is 2. The first-order valence-corrected chi connectivity index (χ1v) is 10.7. The molecule has 3 rings (SSSR count). The van der Waals surface area contributed by atoms with Gasteiger partial charge in [-0.05, 0) is 52.0 Å². The molecule has 28 heavy (non-hydrogen) atoms. The van der Waals surface area contributed by atoms with E-state index in [0.717, 1.165) is 23.6 Å². The average Bonchev–Trinajstić information content (AvgIpc) is 3.29. The van der Waals surface area contributed by atoms with Gasteiger partial charge in [-0.1, -0.05) is 29.5 Å². The molecule has 0 aromatic carbocycles. The summed E-state index contributed by atoms with van der Waals surface area (Å²) in [5.74, 6) is 1.54. The molecule has 0 spiro atoms. The van der Waals surface area contributed by atoms with Crippen molar-refractivity contribution in [1.29, 1.82) is 0 Å². The van der Waals surface area contributed by atoms with E-state index in [4.69, 9.17) is 4.42 Å².